The molecule has 3 aromatic carbocycles. The van der Waals surface area contributed by atoms with Crippen molar-refractivity contribution in [1.82, 2.24) is 0 Å². The molecule has 0 fully saturated rings. The molecule has 0 radical (unpaired) electrons. The second-order valence-corrected chi connectivity index (χ2v) is 8.76. The third-order valence-corrected chi connectivity index (χ3v) is 6.63. The molecular formula is C27H25N3O4. The second-order valence-electron chi connectivity index (χ2n) is 8.76. The molecule has 0 bridgehead atoms. The van der Waals surface area contributed by atoms with Crippen LogP contribution < -0.4 is 10.1 Å². The fraction of sp³-hybridized carbons (Fsp3) is 0.222. The van der Waals surface area contributed by atoms with E-state index in [1.807, 2.05) is 12.1 Å². The molecule has 172 valence electrons. The maximum atomic E-state index is 11.2. The van der Waals surface area contributed by atoms with E-state index in [0.29, 0.717) is 17.4 Å². The number of nitro groups is 1. The van der Waals surface area contributed by atoms with Crippen LogP contribution in [0.15, 0.2) is 71.7 Å². The first-order chi connectivity index (χ1) is 16.4. The molecule has 0 saturated heterocycles. The number of anilines is 1. The largest absolute Gasteiger partial charge is 0.500 e. The number of ether oxygens (including phenoxy) is 1. The van der Waals surface area contributed by atoms with E-state index in [1.165, 1.54) is 47.8 Å². The number of aliphatic imine (C=N–C) groups is 1. The maximum Gasteiger partial charge on any atom is 0.315 e. The third kappa shape index (κ3) is 3.90. The molecule has 0 spiro atoms. The minimum absolute atomic E-state index is 0.0320. The average molecular weight is 456 g/mol. The smallest absolute Gasteiger partial charge is 0.315 e. The van der Waals surface area contributed by atoms with E-state index in [0.717, 1.165) is 12.1 Å². The highest BCUT2D eigenvalue weighted by Crippen LogP contribution is 2.50. The van der Waals surface area contributed by atoms with Crippen molar-refractivity contribution in [1.29, 1.82) is 0 Å². The Morgan fingerprint density at radius 1 is 1.18 bits per heavy atom. The summed E-state index contributed by atoms with van der Waals surface area (Å²) in [7, 11) is 1.35. The molecule has 0 unspecified atom stereocenters. The molecular weight excluding hydrogens is 430 g/mol. The van der Waals surface area contributed by atoms with E-state index in [2.05, 4.69) is 59.7 Å². The molecule has 7 nitrogen and oxygen atoms in total. The predicted octanol–water partition coefficient (Wildman–Crippen LogP) is 6.19. The van der Waals surface area contributed by atoms with Crippen LogP contribution in [0.3, 0.4) is 0 Å². The van der Waals surface area contributed by atoms with Crippen molar-refractivity contribution in [2.45, 2.75) is 25.3 Å². The lowest BCUT2D eigenvalue weighted by Crippen LogP contribution is -2.29. The van der Waals surface area contributed by atoms with Crippen molar-refractivity contribution in [3.63, 3.8) is 0 Å². The lowest BCUT2D eigenvalue weighted by atomic mass is 9.76. The van der Waals surface area contributed by atoms with Gasteiger partial charge in [-0.15, -0.1) is 0 Å². The summed E-state index contributed by atoms with van der Waals surface area (Å²) in [4.78, 5) is 15.0. The number of nitrogens with zero attached hydrogens (tertiary/aromatic N) is 2. The van der Waals surface area contributed by atoms with Crippen LogP contribution >= 0.6 is 0 Å². The molecule has 3 aromatic rings. The number of aromatic hydroxyl groups is 1. The number of benzene rings is 3. The quantitative estimate of drug-likeness (QED) is 0.207. The summed E-state index contributed by atoms with van der Waals surface area (Å²) in [5.41, 5.74) is 5.80. The van der Waals surface area contributed by atoms with Crippen LogP contribution in [0, 0.1) is 23.0 Å². The van der Waals surface area contributed by atoms with E-state index in [9.17, 15) is 15.2 Å². The van der Waals surface area contributed by atoms with Gasteiger partial charge in [-0.05, 0) is 54.7 Å². The zero-order valence-electron chi connectivity index (χ0n) is 18.9. The van der Waals surface area contributed by atoms with Crippen LogP contribution in [0.1, 0.15) is 40.6 Å². The molecule has 0 aromatic heterocycles. The molecule has 0 amide bonds. The van der Waals surface area contributed by atoms with Crippen LogP contribution in [0.25, 0.3) is 0 Å². The first-order valence-corrected chi connectivity index (χ1v) is 11.2. The van der Waals surface area contributed by atoms with E-state index < -0.39 is 16.4 Å². The van der Waals surface area contributed by atoms with E-state index in [1.54, 1.807) is 0 Å². The van der Waals surface area contributed by atoms with Gasteiger partial charge in [0.25, 0.3) is 0 Å². The Morgan fingerprint density at radius 3 is 2.71 bits per heavy atom. The van der Waals surface area contributed by atoms with Crippen molar-refractivity contribution >= 4 is 23.3 Å². The van der Waals surface area contributed by atoms with Crippen LogP contribution in [-0.4, -0.2) is 23.4 Å². The standard InChI is InChI=1S/C27H25N3O4/c1-16-6-11-23-22(12-16)20-4-3-5-21(20)26(29-23)18-7-9-19(10-8-18)28-15-17-13-24(30(32)33)27(31)25(14-17)34-2/h3-4,6-15,20-21,26,29,31H,5H2,1-2H3/t20-,21+,26+/m1/s1. The Kier molecular flexibility index (Phi) is 5.53. The number of hydrogen-bond acceptors (Lipinski definition) is 6. The Bertz CT molecular complexity index is 1310. The summed E-state index contributed by atoms with van der Waals surface area (Å²) in [6.45, 7) is 2.13. The number of allylic oxidation sites excluding steroid dienone is 2. The summed E-state index contributed by atoms with van der Waals surface area (Å²) in [6, 6.07) is 17.6. The zero-order chi connectivity index (χ0) is 23.8. The molecule has 1 aliphatic heterocycles. The van der Waals surface area contributed by atoms with Crippen molar-refractivity contribution in [3.8, 4) is 11.5 Å². The topological polar surface area (TPSA) is 97.0 Å². The average Bonchev–Trinajstić information content (AvgIpc) is 3.33. The van der Waals surface area contributed by atoms with Gasteiger partial charge in [0.2, 0.25) is 5.75 Å². The van der Waals surface area contributed by atoms with Gasteiger partial charge in [-0.1, -0.05) is 42.0 Å². The Balaban J connectivity index is 1.39. The fourth-order valence-corrected chi connectivity index (χ4v) is 4.94. The number of methoxy groups -OCH3 is 1. The predicted molar refractivity (Wildman–Crippen MR) is 133 cm³/mol. The zero-order valence-corrected chi connectivity index (χ0v) is 18.9. The minimum Gasteiger partial charge on any atom is -0.500 e. The first-order valence-electron chi connectivity index (χ1n) is 11.2. The van der Waals surface area contributed by atoms with Crippen LogP contribution in [0.5, 0.6) is 11.5 Å². The first kappa shape index (κ1) is 21.7. The number of aryl methyl sites for hydroxylation is 1. The summed E-state index contributed by atoms with van der Waals surface area (Å²) < 4.78 is 5.05. The third-order valence-electron chi connectivity index (χ3n) is 6.63. The molecule has 2 N–H and O–H groups in total. The maximum absolute atomic E-state index is 11.2. The molecule has 7 heteroatoms. The van der Waals surface area contributed by atoms with Crippen molar-refractivity contribution in [2.75, 3.05) is 12.4 Å². The number of fused-ring (bicyclic) bond motifs is 3. The lowest BCUT2D eigenvalue weighted by molar-refractivity contribution is -0.386. The molecule has 34 heavy (non-hydrogen) atoms. The van der Waals surface area contributed by atoms with Crippen molar-refractivity contribution in [3.05, 3.63) is 99.1 Å². The van der Waals surface area contributed by atoms with Gasteiger partial charge in [0.05, 0.1) is 23.8 Å². The summed E-state index contributed by atoms with van der Waals surface area (Å²) >= 11 is 0. The Morgan fingerprint density at radius 2 is 1.97 bits per heavy atom. The van der Waals surface area contributed by atoms with E-state index in [-0.39, 0.29) is 11.8 Å². The molecule has 0 saturated carbocycles. The monoisotopic (exact) mass is 455 g/mol. The van der Waals surface area contributed by atoms with Gasteiger partial charge in [-0.2, -0.15) is 0 Å². The summed E-state index contributed by atoms with van der Waals surface area (Å²) in [5.74, 6) is 0.419. The molecule has 5 rings (SSSR count). The van der Waals surface area contributed by atoms with Gasteiger partial charge in [0.1, 0.15) is 0 Å². The number of nitrogens with one attached hydrogen (secondary N) is 1. The van der Waals surface area contributed by atoms with Gasteiger partial charge >= 0.3 is 5.69 Å². The Hall–Kier alpha value is -4.13. The Labute approximate surface area is 197 Å². The summed E-state index contributed by atoms with van der Waals surface area (Å²) in [5, 5.41) is 24.9. The normalized spacial score (nSPS) is 20.6. The molecule has 1 heterocycles. The van der Waals surface area contributed by atoms with Crippen LogP contribution in [0.2, 0.25) is 0 Å². The summed E-state index contributed by atoms with van der Waals surface area (Å²) in [6.07, 6.45) is 7.18. The number of rotatable bonds is 5. The fourth-order valence-electron chi connectivity index (χ4n) is 4.94. The highest BCUT2D eigenvalue weighted by molar-refractivity contribution is 5.85. The number of phenolic OH excluding ortho intramolecular Hbond substituents is 1. The van der Waals surface area contributed by atoms with Crippen molar-refractivity contribution in [2.24, 2.45) is 10.9 Å². The van der Waals surface area contributed by atoms with Gasteiger partial charge in [0.15, 0.2) is 5.75 Å². The van der Waals surface area contributed by atoms with E-state index in [4.69, 9.17) is 4.74 Å². The number of hydrogen-bond donors (Lipinski definition) is 2. The van der Waals surface area contributed by atoms with Gasteiger partial charge < -0.3 is 15.2 Å². The highest BCUT2D eigenvalue weighted by atomic mass is 16.6. The van der Waals surface area contributed by atoms with Crippen LogP contribution in [-0.2, 0) is 0 Å². The molecule has 1 aliphatic carbocycles. The number of nitro benzene ring substituents is 1. The molecule has 3 atom stereocenters. The SMILES string of the molecule is COc1cc(C=Nc2ccc([C@@H]3Nc4ccc(C)cc4[C@@H]4C=CC[C@@H]43)cc2)cc([N+](=O)[O-])c1O. The van der Waals surface area contributed by atoms with Crippen LogP contribution in [0.4, 0.5) is 17.1 Å². The van der Waals surface area contributed by atoms with Gasteiger partial charge in [-0.3, -0.25) is 15.1 Å². The lowest BCUT2D eigenvalue weighted by Gasteiger charge is -2.37. The van der Waals surface area contributed by atoms with Gasteiger partial charge in [-0.25, -0.2) is 0 Å². The number of phenols is 1. The van der Waals surface area contributed by atoms with Crippen molar-refractivity contribution < 1.29 is 14.8 Å². The van der Waals surface area contributed by atoms with E-state index >= 15 is 0 Å². The van der Waals surface area contributed by atoms with Gasteiger partial charge in [0, 0.05) is 29.4 Å². The second kappa shape index (κ2) is 8.67. The highest BCUT2D eigenvalue weighted by Gasteiger charge is 2.37. The molecule has 2 aliphatic rings. The minimum atomic E-state index is -0.647.